The van der Waals surface area contributed by atoms with Crippen LogP contribution in [-0.2, 0) is 80.6 Å². The third-order valence-electron chi connectivity index (χ3n) is 21.7. The average molecular weight is 1250 g/mol. The van der Waals surface area contributed by atoms with Crippen molar-refractivity contribution in [3.8, 4) is 0 Å². The van der Waals surface area contributed by atoms with Crippen molar-refractivity contribution in [2.45, 2.75) is 277 Å². The number of aliphatic hydroxyl groups excluding tert-OH is 4. The van der Waals surface area contributed by atoms with Gasteiger partial charge in [0.25, 0.3) is 0 Å². The lowest BCUT2D eigenvalue weighted by molar-refractivity contribution is -0.358. The monoisotopic (exact) mass is 1250 g/mol. The van der Waals surface area contributed by atoms with E-state index in [9.17, 15) is 45.3 Å². The predicted octanol–water partition coefficient (Wildman–Crippen LogP) is 3.06. The van der Waals surface area contributed by atoms with Crippen LogP contribution in [0.15, 0.2) is 48.1 Å². The van der Waals surface area contributed by atoms with Gasteiger partial charge in [-0.1, -0.05) is 48.9 Å². The van der Waals surface area contributed by atoms with E-state index in [1.165, 1.54) is 20.1 Å². The van der Waals surface area contributed by atoms with E-state index in [4.69, 9.17) is 71.1 Å². The number of hydrogen-bond donors (Lipinski definition) is 7. The molecule has 3 saturated carbocycles. The van der Waals surface area contributed by atoms with E-state index < -0.39 is 187 Å². The molecule has 0 bridgehead atoms. The van der Waals surface area contributed by atoms with Crippen molar-refractivity contribution in [3.63, 3.8) is 0 Å². The molecule has 4 aliphatic carbocycles. The van der Waals surface area contributed by atoms with Crippen LogP contribution in [0.3, 0.4) is 0 Å². The molecular formula is C64H96O24. The minimum absolute atomic E-state index is 0.0639. The largest absolute Gasteiger partial charge is 0.458 e. The van der Waals surface area contributed by atoms with E-state index in [1.54, 1.807) is 41.3 Å². The zero-order valence-electron chi connectivity index (χ0n) is 52.5. The van der Waals surface area contributed by atoms with E-state index >= 15 is 0 Å². The molecule has 88 heavy (non-hydrogen) atoms. The lowest BCUT2D eigenvalue weighted by Gasteiger charge is -2.67. The van der Waals surface area contributed by atoms with Crippen molar-refractivity contribution in [2.75, 3.05) is 35.0 Å². The molecule has 29 atom stereocenters. The number of benzene rings is 1. The molecule has 5 saturated heterocycles. The summed E-state index contributed by atoms with van der Waals surface area (Å²) in [6.45, 7) is 11.8. The number of carbonyl (C=O) groups is 2. The molecule has 8 fully saturated rings. The maximum absolute atomic E-state index is 13.7. The summed E-state index contributed by atoms with van der Waals surface area (Å²) in [7, 11) is 6.34. The molecule has 0 amide bonds. The quantitative estimate of drug-likeness (QED) is 0.0595. The first-order valence-corrected chi connectivity index (χ1v) is 31.4. The average Bonchev–Trinajstić information content (AvgIpc) is 1.36. The first-order valence-electron chi connectivity index (χ1n) is 31.4. The number of ketones is 1. The molecule has 10 rings (SSSR count). The molecule has 7 N–H and O–H groups in total. The molecule has 0 unspecified atom stereocenters. The number of carbonyl (C=O) groups excluding carboxylic acids is 2. The molecule has 0 spiro atoms. The molecule has 24 nitrogen and oxygen atoms in total. The Bertz CT molecular complexity index is 2590. The fourth-order valence-corrected chi connectivity index (χ4v) is 16.5. The lowest BCUT2D eigenvalue weighted by atomic mass is 9.42. The number of fused-ring (bicyclic) bond motifs is 5. The topological polar surface area (TPSA) is 314 Å². The Hall–Kier alpha value is -3.00. The SMILES string of the molecule is CO[C@H]1C[C@H](O[C@H]2CC[C@@]3(C)C(=CC[C@]4(O)[C@@H]3C[C@@H](OC(=O)C=Cc3ccccc3)[C@@]3(C)[C@]4(O)CC[C@@]3(O)C(C)=O)C2)O[C@H](C)[C@H]1O[C@H]1C[C@H](OC)[C@H](O[C@H]2C[C@@H](OC)[C@H](O[C@H]3C[C@H](OC)[C@H](O[C@@H]4O[C@H](CO)[C@@H](O)[C@H](O)[C@H]4O)[C@@H](C)O3)[C@@H](C)O2)[C@@H](C)O1. The van der Waals surface area contributed by atoms with Gasteiger partial charge in [0.05, 0.1) is 67.0 Å². The van der Waals surface area contributed by atoms with E-state index in [1.807, 2.05) is 57.2 Å². The summed E-state index contributed by atoms with van der Waals surface area (Å²) in [6.07, 6.45) is -10.3. The van der Waals surface area contributed by atoms with Crippen LogP contribution < -0.4 is 0 Å². The molecule has 9 aliphatic rings. The van der Waals surface area contributed by atoms with Crippen molar-refractivity contribution < 1.29 is 116 Å². The lowest BCUT2D eigenvalue weighted by Crippen LogP contribution is -2.78. The van der Waals surface area contributed by atoms with Crippen molar-refractivity contribution >= 4 is 17.8 Å². The molecular weight excluding hydrogens is 1150 g/mol. The maximum atomic E-state index is 13.7. The second-order valence-electron chi connectivity index (χ2n) is 26.4. The zero-order valence-corrected chi connectivity index (χ0v) is 52.5. The van der Waals surface area contributed by atoms with Crippen LogP contribution >= 0.6 is 0 Å². The number of rotatable bonds is 19. The molecule has 496 valence electrons. The Morgan fingerprint density at radius 1 is 0.625 bits per heavy atom. The summed E-state index contributed by atoms with van der Waals surface area (Å²) >= 11 is 0. The molecule has 24 heteroatoms. The van der Waals surface area contributed by atoms with E-state index in [0.29, 0.717) is 38.5 Å². The van der Waals surface area contributed by atoms with E-state index in [0.717, 1.165) is 11.1 Å². The van der Waals surface area contributed by atoms with Crippen molar-refractivity contribution in [1.82, 2.24) is 0 Å². The Labute approximate surface area is 515 Å². The van der Waals surface area contributed by atoms with Gasteiger partial charge in [-0.05, 0) is 104 Å². The molecule has 1 aromatic rings. The molecule has 5 aliphatic heterocycles. The number of Topliss-reactive ketones (excluding diaryl/α,β-unsaturated/α-hetero) is 1. The van der Waals surface area contributed by atoms with Gasteiger partial charge < -0.3 is 107 Å². The third kappa shape index (κ3) is 12.4. The van der Waals surface area contributed by atoms with Crippen LogP contribution in [0.25, 0.3) is 6.08 Å². The Morgan fingerprint density at radius 2 is 1.11 bits per heavy atom. The normalized spacial score (nSPS) is 48.9. The number of aliphatic hydroxyl groups is 7. The first kappa shape index (κ1) is 67.9. The van der Waals surface area contributed by atoms with Crippen LogP contribution in [0, 0.1) is 16.7 Å². The van der Waals surface area contributed by atoms with Gasteiger partial charge >= 0.3 is 5.97 Å². The van der Waals surface area contributed by atoms with Gasteiger partial charge in [-0.15, -0.1) is 0 Å². The highest BCUT2D eigenvalue weighted by Crippen LogP contribution is 2.71. The highest BCUT2D eigenvalue weighted by Gasteiger charge is 2.81. The van der Waals surface area contributed by atoms with Crippen molar-refractivity contribution in [3.05, 3.63) is 53.6 Å². The third-order valence-corrected chi connectivity index (χ3v) is 21.7. The number of ether oxygens (including phenoxy) is 15. The van der Waals surface area contributed by atoms with Crippen LogP contribution in [-0.4, -0.2) is 241 Å². The fourth-order valence-electron chi connectivity index (χ4n) is 16.5. The van der Waals surface area contributed by atoms with Gasteiger partial charge in [0, 0.05) is 66.1 Å². The fraction of sp³-hybridized carbons (Fsp3) is 0.812. The summed E-state index contributed by atoms with van der Waals surface area (Å²) in [6, 6.07) is 9.27. The summed E-state index contributed by atoms with van der Waals surface area (Å²) in [5, 5.41) is 79.2. The maximum Gasteiger partial charge on any atom is 0.331 e. The molecule has 1 aromatic carbocycles. The highest BCUT2D eigenvalue weighted by atomic mass is 16.8. The van der Waals surface area contributed by atoms with Gasteiger partial charge in [-0.3, -0.25) is 4.79 Å². The van der Waals surface area contributed by atoms with Gasteiger partial charge in [0.15, 0.2) is 37.2 Å². The van der Waals surface area contributed by atoms with Crippen LogP contribution in [0.2, 0.25) is 0 Å². The van der Waals surface area contributed by atoms with Gasteiger partial charge in [-0.25, -0.2) is 4.79 Å². The Morgan fingerprint density at radius 3 is 1.59 bits per heavy atom. The summed E-state index contributed by atoms with van der Waals surface area (Å²) in [5.41, 5.74) is -6.36. The summed E-state index contributed by atoms with van der Waals surface area (Å²) in [4.78, 5) is 27.0. The molecule has 5 heterocycles. The van der Waals surface area contributed by atoms with Crippen LogP contribution in [0.1, 0.15) is 125 Å². The number of methoxy groups -OCH3 is 4. The minimum Gasteiger partial charge on any atom is -0.458 e. The molecule has 0 radical (unpaired) electrons. The Kier molecular flexibility index (Phi) is 20.9. The van der Waals surface area contributed by atoms with Crippen molar-refractivity contribution in [1.29, 1.82) is 0 Å². The number of hydrogen-bond acceptors (Lipinski definition) is 24. The van der Waals surface area contributed by atoms with Gasteiger partial charge in [-0.2, -0.15) is 0 Å². The second-order valence-corrected chi connectivity index (χ2v) is 26.4. The van der Waals surface area contributed by atoms with Crippen LogP contribution in [0.4, 0.5) is 0 Å². The standard InChI is InChI=1S/C64H96O24/c1-32-55(85-49-27-41(75-9)56(33(2)79-49)86-50-28-42(76-10)57(34(3)80-50)87-51-29-43(77-11)58(35(4)81-51)88-59-54(70)53(69)52(68)44(31-65)83-59)40(74-8)26-48(78-32)82-39-20-21-60(6)38(25-39)19-22-63(72)45(60)30-46(84-47(67)18-17-37-15-13-12-14-16-37)61(7)62(71,36(5)66)23-24-64(61,63)73/h12-19,32-35,39-46,48-59,65,68-73H,20-31H2,1-11H3/t32-,33-,34-,35-,39+,40+,41+,42-,43+,44-,45-,46-,48+,49+,50+,51+,52-,53+,54-,55-,56-,57-,58-,59+,60+,61-,62-,63+,64-/m1/s1. The highest BCUT2D eigenvalue weighted by molar-refractivity contribution is 5.88. The van der Waals surface area contributed by atoms with Gasteiger partial charge in [0.1, 0.15) is 71.7 Å². The molecule has 0 aromatic heterocycles. The van der Waals surface area contributed by atoms with E-state index in [2.05, 4.69) is 6.92 Å². The van der Waals surface area contributed by atoms with Crippen molar-refractivity contribution in [2.24, 2.45) is 16.7 Å². The predicted molar refractivity (Wildman–Crippen MR) is 308 cm³/mol. The zero-order chi connectivity index (χ0) is 63.4. The van der Waals surface area contributed by atoms with Crippen LogP contribution in [0.5, 0.6) is 0 Å². The van der Waals surface area contributed by atoms with E-state index in [-0.39, 0.29) is 38.2 Å². The van der Waals surface area contributed by atoms with Gasteiger partial charge in [0.2, 0.25) is 0 Å². The summed E-state index contributed by atoms with van der Waals surface area (Å²) < 4.78 is 94.3. The second kappa shape index (κ2) is 27.1. The first-order chi connectivity index (χ1) is 41.8. The minimum atomic E-state index is -2.06. The summed E-state index contributed by atoms with van der Waals surface area (Å²) in [5.74, 6) is -1.84. The Balaban J connectivity index is 0.723. The number of esters is 1. The smallest absolute Gasteiger partial charge is 0.331 e.